The van der Waals surface area contributed by atoms with E-state index in [4.69, 9.17) is 0 Å². The maximum Gasteiger partial charge on any atom is 0.327 e. The quantitative estimate of drug-likeness (QED) is 0.189. The van der Waals surface area contributed by atoms with Gasteiger partial charge in [0.25, 0.3) is 0 Å². The van der Waals surface area contributed by atoms with E-state index in [2.05, 4.69) is 17.6 Å². The first-order valence-electron chi connectivity index (χ1n) is 14.0. The second-order valence-electron chi connectivity index (χ2n) is 10.1. The number of carbonyl (C=O) groups excluding carboxylic acids is 2. The first kappa shape index (κ1) is 31.0. The minimum Gasteiger partial charge on any atom is -0.480 e. The highest BCUT2D eigenvalue weighted by atomic mass is 32.2. The van der Waals surface area contributed by atoms with Crippen LogP contribution in [0.3, 0.4) is 0 Å². The second kappa shape index (κ2) is 17.2. The van der Waals surface area contributed by atoms with Crippen molar-refractivity contribution in [1.82, 2.24) is 10.6 Å². The zero-order valence-corrected chi connectivity index (χ0v) is 23.9. The molecule has 3 aromatic rings. The van der Waals surface area contributed by atoms with Crippen molar-refractivity contribution < 1.29 is 19.5 Å². The van der Waals surface area contributed by atoms with Crippen LogP contribution in [0.4, 0.5) is 0 Å². The minimum absolute atomic E-state index is 0.0728. The fraction of sp³-hybridized carbons (Fsp3) is 0.364. The highest BCUT2D eigenvalue weighted by Crippen LogP contribution is 2.23. The molecule has 0 aliphatic carbocycles. The van der Waals surface area contributed by atoms with Crippen LogP contribution in [-0.4, -0.2) is 41.2 Å². The highest BCUT2D eigenvalue weighted by Gasteiger charge is 2.30. The Morgan fingerprint density at radius 3 is 1.75 bits per heavy atom. The number of amides is 2. The maximum absolute atomic E-state index is 13.7. The van der Waals surface area contributed by atoms with Crippen molar-refractivity contribution in [1.29, 1.82) is 0 Å². The van der Waals surface area contributed by atoms with Crippen molar-refractivity contribution >= 4 is 29.5 Å². The van der Waals surface area contributed by atoms with Crippen LogP contribution in [0.2, 0.25) is 0 Å². The fourth-order valence-electron chi connectivity index (χ4n) is 4.57. The van der Waals surface area contributed by atoms with Crippen LogP contribution in [-0.2, 0) is 33.0 Å². The lowest BCUT2D eigenvalue weighted by Crippen LogP contribution is -2.46. The first-order valence-corrected chi connectivity index (χ1v) is 15.1. The molecule has 0 aromatic heterocycles. The number of rotatable bonds is 17. The van der Waals surface area contributed by atoms with E-state index >= 15 is 0 Å². The highest BCUT2D eigenvalue weighted by molar-refractivity contribution is 7.98. The minimum atomic E-state index is -1.06. The molecule has 40 heavy (non-hydrogen) atoms. The number of nitrogens with one attached hydrogen (secondary N) is 2. The summed E-state index contributed by atoms with van der Waals surface area (Å²) in [6.45, 7) is 2.67. The molecular formula is C33H40N2O4S. The van der Waals surface area contributed by atoms with E-state index in [-0.39, 0.29) is 17.6 Å². The van der Waals surface area contributed by atoms with E-state index in [1.54, 1.807) is 0 Å². The van der Waals surface area contributed by atoms with Crippen molar-refractivity contribution in [3.63, 3.8) is 0 Å². The van der Waals surface area contributed by atoms with Gasteiger partial charge in [-0.1, -0.05) is 104 Å². The molecule has 3 atom stereocenters. The molecule has 6 nitrogen and oxygen atoms in total. The topological polar surface area (TPSA) is 95.5 Å². The summed E-state index contributed by atoms with van der Waals surface area (Å²) in [7, 11) is 0. The van der Waals surface area contributed by atoms with Gasteiger partial charge in [0.15, 0.2) is 0 Å². The van der Waals surface area contributed by atoms with Gasteiger partial charge < -0.3 is 15.7 Å². The zero-order valence-electron chi connectivity index (χ0n) is 23.1. The Balaban J connectivity index is 1.75. The van der Waals surface area contributed by atoms with Crippen LogP contribution in [0.1, 0.15) is 42.9 Å². The number of hydrogen-bond donors (Lipinski definition) is 3. The molecule has 0 radical (unpaired) electrons. The summed E-state index contributed by atoms with van der Waals surface area (Å²) in [5.74, 6) is -1.55. The largest absolute Gasteiger partial charge is 0.480 e. The van der Waals surface area contributed by atoms with Gasteiger partial charge in [0.2, 0.25) is 11.8 Å². The smallest absolute Gasteiger partial charge is 0.327 e. The summed E-state index contributed by atoms with van der Waals surface area (Å²) in [4.78, 5) is 39.0. The van der Waals surface area contributed by atoms with Gasteiger partial charge in [-0.05, 0) is 42.4 Å². The van der Waals surface area contributed by atoms with Crippen molar-refractivity contribution in [2.75, 3.05) is 12.3 Å². The fourth-order valence-corrected chi connectivity index (χ4v) is 5.58. The molecule has 0 heterocycles. The lowest BCUT2D eigenvalue weighted by molar-refractivity contribution is -0.142. The molecule has 0 saturated heterocycles. The Kier molecular flexibility index (Phi) is 13.3. The van der Waals surface area contributed by atoms with Gasteiger partial charge in [0, 0.05) is 29.9 Å². The van der Waals surface area contributed by atoms with Gasteiger partial charge >= 0.3 is 5.97 Å². The van der Waals surface area contributed by atoms with Gasteiger partial charge in [0.1, 0.15) is 6.04 Å². The Morgan fingerprint density at radius 1 is 0.750 bits per heavy atom. The van der Waals surface area contributed by atoms with Crippen LogP contribution in [0.25, 0.3) is 0 Å². The molecule has 3 rings (SSSR count). The van der Waals surface area contributed by atoms with E-state index in [0.717, 1.165) is 29.5 Å². The van der Waals surface area contributed by atoms with Crippen molar-refractivity contribution in [3.05, 3.63) is 108 Å². The molecule has 7 heteroatoms. The first-order chi connectivity index (χ1) is 19.5. The summed E-state index contributed by atoms with van der Waals surface area (Å²) >= 11 is 1.47. The van der Waals surface area contributed by atoms with Gasteiger partial charge in [-0.25, -0.2) is 4.79 Å². The number of carbonyl (C=O) groups is 3. The molecular weight excluding hydrogens is 520 g/mol. The monoisotopic (exact) mass is 560 g/mol. The van der Waals surface area contributed by atoms with Crippen molar-refractivity contribution in [2.24, 2.45) is 11.8 Å². The summed E-state index contributed by atoms with van der Waals surface area (Å²) < 4.78 is 0. The van der Waals surface area contributed by atoms with E-state index in [1.165, 1.54) is 11.8 Å². The summed E-state index contributed by atoms with van der Waals surface area (Å²) in [5.41, 5.74) is 3.10. The van der Waals surface area contributed by atoms with Crippen LogP contribution in [0, 0.1) is 11.8 Å². The number of benzene rings is 3. The third-order valence-corrected chi connectivity index (χ3v) is 7.91. The van der Waals surface area contributed by atoms with Crippen LogP contribution in [0.5, 0.6) is 0 Å². The predicted octanol–water partition coefficient (Wildman–Crippen LogP) is 5.51. The summed E-state index contributed by atoms with van der Waals surface area (Å²) in [5, 5.41) is 15.7. The molecule has 0 spiro atoms. The van der Waals surface area contributed by atoms with Gasteiger partial charge in [0.05, 0.1) is 0 Å². The second-order valence-corrected chi connectivity index (χ2v) is 11.1. The van der Waals surface area contributed by atoms with Crippen molar-refractivity contribution in [2.45, 2.75) is 50.8 Å². The SMILES string of the molecule is CCCCNC(=O)C(Cc1ccccc1)CC(Cc1ccccc1)C(=O)N[C@@H](CSCc1ccccc1)C(=O)O. The van der Waals surface area contributed by atoms with Gasteiger partial charge in [-0.2, -0.15) is 11.8 Å². The van der Waals surface area contributed by atoms with Crippen LogP contribution in [0.15, 0.2) is 91.0 Å². The predicted molar refractivity (Wildman–Crippen MR) is 162 cm³/mol. The lowest BCUT2D eigenvalue weighted by Gasteiger charge is -2.25. The van der Waals surface area contributed by atoms with E-state index < -0.39 is 23.8 Å². The Hall–Kier alpha value is -3.58. The van der Waals surface area contributed by atoms with Crippen molar-refractivity contribution in [3.8, 4) is 0 Å². The number of aliphatic carboxylic acids is 1. The van der Waals surface area contributed by atoms with E-state index in [1.807, 2.05) is 91.0 Å². The van der Waals surface area contributed by atoms with Gasteiger partial charge in [-0.3, -0.25) is 9.59 Å². The molecule has 3 N–H and O–H groups in total. The van der Waals surface area contributed by atoms with E-state index in [0.29, 0.717) is 31.6 Å². The molecule has 3 aromatic carbocycles. The lowest BCUT2D eigenvalue weighted by atomic mass is 9.84. The molecule has 2 amide bonds. The summed E-state index contributed by atoms with van der Waals surface area (Å²) in [6.07, 6.45) is 3.10. The van der Waals surface area contributed by atoms with Gasteiger partial charge in [-0.15, -0.1) is 0 Å². The zero-order chi connectivity index (χ0) is 28.6. The number of carboxylic acid groups (broad SMARTS) is 1. The van der Waals surface area contributed by atoms with Crippen LogP contribution < -0.4 is 10.6 Å². The standard InChI is InChI=1S/C33H40N2O4S/c1-2-3-19-34-31(36)28(20-25-13-7-4-8-14-25)22-29(21-26-15-9-5-10-16-26)32(37)35-30(33(38)39)24-40-23-27-17-11-6-12-18-27/h4-18,28-30H,2-3,19-24H2,1H3,(H,34,36)(H,35,37)(H,38,39)/t28?,29?,30-/m0/s1. The average Bonchev–Trinajstić information content (AvgIpc) is 2.97. The maximum atomic E-state index is 13.7. The molecule has 0 aliphatic heterocycles. The Morgan fingerprint density at radius 2 is 1.25 bits per heavy atom. The number of unbranched alkanes of at least 4 members (excludes halogenated alkanes) is 1. The third-order valence-electron chi connectivity index (χ3n) is 6.80. The Labute approximate surface area is 242 Å². The molecule has 0 aliphatic rings. The molecule has 212 valence electrons. The normalized spacial score (nSPS) is 13.1. The summed E-state index contributed by atoms with van der Waals surface area (Å²) in [6, 6.07) is 28.3. The van der Waals surface area contributed by atoms with Crippen LogP contribution >= 0.6 is 11.8 Å². The molecule has 0 fully saturated rings. The number of hydrogen-bond acceptors (Lipinski definition) is 4. The third kappa shape index (κ3) is 10.9. The molecule has 0 saturated carbocycles. The molecule has 2 unspecified atom stereocenters. The number of carboxylic acids is 1. The average molecular weight is 561 g/mol. The Bertz CT molecular complexity index is 1170. The number of thioether (sulfide) groups is 1. The van der Waals surface area contributed by atoms with E-state index in [9.17, 15) is 19.5 Å². The molecule has 0 bridgehead atoms.